The Kier molecular flexibility index (Phi) is 3.41. The van der Waals surface area contributed by atoms with Crippen molar-refractivity contribution in [3.8, 4) is 0 Å². The van der Waals surface area contributed by atoms with Crippen LogP contribution in [0.1, 0.15) is 31.2 Å². The van der Waals surface area contributed by atoms with Gasteiger partial charge in [0.2, 0.25) is 0 Å². The highest BCUT2D eigenvalue weighted by atomic mass is 16.6. The van der Waals surface area contributed by atoms with Crippen LogP contribution in [-0.2, 0) is 11.3 Å². The third kappa shape index (κ3) is 2.75. The lowest BCUT2D eigenvalue weighted by Crippen LogP contribution is -2.51. The van der Waals surface area contributed by atoms with Crippen molar-refractivity contribution in [3.05, 3.63) is 47.7 Å². The monoisotopic (exact) mass is 298 g/mol. The van der Waals surface area contributed by atoms with Gasteiger partial charge in [-0.25, -0.2) is 4.79 Å². The highest BCUT2D eigenvalue weighted by Crippen LogP contribution is 2.40. The Bertz CT molecular complexity index is 584. The summed E-state index contributed by atoms with van der Waals surface area (Å²) in [6.45, 7) is 2.95. The summed E-state index contributed by atoms with van der Waals surface area (Å²) in [5.74, 6) is 1.52. The molecule has 1 aromatic carbocycles. The number of nitrogens with zero attached hydrogens (tertiary/aromatic N) is 1. The highest BCUT2D eigenvalue weighted by Gasteiger charge is 2.47. The summed E-state index contributed by atoms with van der Waals surface area (Å²) in [5, 5.41) is 3.08. The normalized spacial score (nSPS) is 26.2. The van der Waals surface area contributed by atoms with E-state index in [0.29, 0.717) is 5.92 Å². The van der Waals surface area contributed by atoms with E-state index >= 15 is 0 Å². The van der Waals surface area contributed by atoms with E-state index in [9.17, 15) is 4.79 Å². The molecule has 2 aliphatic heterocycles. The van der Waals surface area contributed by atoms with Gasteiger partial charge < -0.3 is 10.1 Å². The number of hydrogen-bond donors (Lipinski definition) is 1. The second kappa shape index (κ2) is 5.43. The lowest BCUT2D eigenvalue weighted by atomic mass is 9.85. The molecule has 0 atom stereocenters. The fraction of sp³-hybridized carbons (Fsp3) is 0.500. The fourth-order valence-corrected chi connectivity index (χ4v) is 3.46. The molecule has 22 heavy (non-hydrogen) atoms. The van der Waals surface area contributed by atoms with Gasteiger partial charge in [-0.1, -0.05) is 30.3 Å². The molecule has 4 rings (SSSR count). The SMILES string of the molecule is O=C1NC2(CCN(Cc3ccccc3)CC2)/C(=C/C2CC2)O1. The van der Waals surface area contributed by atoms with Crippen molar-refractivity contribution < 1.29 is 9.53 Å². The third-order valence-corrected chi connectivity index (χ3v) is 4.98. The van der Waals surface area contributed by atoms with Gasteiger partial charge in [0.15, 0.2) is 0 Å². The Morgan fingerprint density at radius 2 is 1.95 bits per heavy atom. The summed E-state index contributed by atoms with van der Waals surface area (Å²) < 4.78 is 5.45. The van der Waals surface area contributed by atoms with E-state index in [1.165, 1.54) is 18.4 Å². The number of nitrogens with one attached hydrogen (secondary N) is 1. The second-order valence-electron chi connectivity index (χ2n) is 6.73. The molecule has 0 radical (unpaired) electrons. The molecule has 116 valence electrons. The average Bonchev–Trinajstić information content (AvgIpc) is 3.28. The van der Waals surface area contributed by atoms with Crippen molar-refractivity contribution in [1.29, 1.82) is 0 Å². The van der Waals surface area contributed by atoms with Crippen molar-refractivity contribution >= 4 is 6.09 Å². The van der Waals surface area contributed by atoms with E-state index in [0.717, 1.165) is 38.2 Å². The molecule has 0 unspecified atom stereocenters. The minimum absolute atomic E-state index is 0.243. The van der Waals surface area contributed by atoms with Crippen LogP contribution in [0, 0.1) is 5.92 Å². The number of hydrogen-bond acceptors (Lipinski definition) is 3. The van der Waals surface area contributed by atoms with Gasteiger partial charge in [0, 0.05) is 19.6 Å². The molecule has 2 saturated heterocycles. The summed E-state index contributed by atoms with van der Waals surface area (Å²) in [6.07, 6.45) is 6.25. The molecule has 1 aromatic rings. The average molecular weight is 298 g/mol. The highest BCUT2D eigenvalue weighted by molar-refractivity contribution is 5.74. The van der Waals surface area contributed by atoms with Gasteiger partial charge in [-0.15, -0.1) is 0 Å². The van der Waals surface area contributed by atoms with Crippen molar-refractivity contribution in [3.63, 3.8) is 0 Å². The Hall–Kier alpha value is -1.81. The summed E-state index contributed by atoms with van der Waals surface area (Å²) in [6, 6.07) is 10.6. The largest absolute Gasteiger partial charge is 0.413 e. The van der Waals surface area contributed by atoms with Crippen molar-refractivity contribution in [1.82, 2.24) is 10.2 Å². The number of piperidine rings is 1. The second-order valence-corrected chi connectivity index (χ2v) is 6.73. The van der Waals surface area contributed by atoms with E-state index in [1.54, 1.807) is 0 Å². The Morgan fingerprint density at radius 1 is 1.23 bits per heavy atom. The number of carbonyl (C=O) groups excluding carboxylic acids is 1. The quantitative estimate of drug-likeness (QED) is 0.932. The molecule has 0 aromatic heterocycles. The predicted octanol–water partition coefficient (Wildman–Crippen LogP) is 3.05. The number of ether oxygens (including phenoxy) is 1. The molecule has 4 heteroatoms. The van der Waals surface area contributed by atoms with E-state index in [4.69, 9.17) is 4.74 Å². The first-order valence-corrected chi connectivity index (χ1v) is 8.22. The summed E-state index contributed by atoms with van der Waals surface area (Å²) in [4.78, 5) is 14.2. The molecule has 1 N–H and O–H groups in total. The van der Waals surface area contributed by atoms with Gasteiger partial charge in [-0.05, 0) is 43.2 Å². The van der Waals surface area contributed by atoms with Gasteiger partial charge in [0.25, 0.3) is 0 Å². The minimum atomic E-state index is -0.275. The van der Waals surface area contributed by atoms with Crippen LogP contribution in [0.15, 0.2) is 42.2 Å². The van der Waals surface area contributed by atoms with E-state index in [-0.39, 0.29) is 11.6 Å². The first kappa shape index (κ1) is 13.8. The van der Waals surface area contributed by atoms with Crippen LogP contribution in [0.2, 0.25) is 0 Å². The van der Waals surface area contributed by atoms with E-state index in [1.807, 2.05) is 0 Å². The molecule has 2 heterocycles. The number of rotatable bonds is 3. The first-order valence-electron chi connectivity index (χ1n) is 8.22. The van der Waals surface area contributed by atoms with Crippen molar-refractivity contribution in [2.45, 2.75) is 37.8 Å². The standard InChI is InChI=1S/C18H22N2O2/c21-17-19-18(16(22-17)12-14-6-7-14)8-10-20(11-9-18)13-15-4-2-1-3-5-15/h1-5,12,14H,6-11,13H2,(H,19,21)/b16-12-. The Morgan fingerprint density at radius 3 is 2.64 bits per heavy atom. The van der Waals surface area contributed by atoms with Crippen LogP contribution < -0.4 is 5.32 Å². The fourth-order valence-electron chi connectivity index (χ4n) is 3.46. The number of likely N-dealkylation sites (tertiary alicyclic amines) is 1. The number of allylic oxidation sites excluding steroid dienone is 1. The predicted molar refractivity (Wildman–Crippen MR) is 84.1 cm³/mol. The molecular weight excluding hydrogens is 276 g/mol. The smallest absolute Gasteiger partial charge is 0.413 e. The van der Waals surface area contributed by atoms with Gasteiger partial charge in [0.05, 0.1) is 0 Å². The molecule has 1 amide bonds. The molecule has 3 fully saturated rings. The summed E-state index contributed by atoms with van der Waals surface area (Å²) in [7, 11) is 0. The first-order chi connectivity index (χ1) is 10.7. The zero-order chi connectivity index (χ0) is 15.0. The number of carbonyl (C=O) groups is 1. The zero-order valence-corrected chi connectivity index (χ0v) is 12.8. The number of amides is 1. The number of cyclic esters (lactones) is 1. The molecule has 3 aliphatic rings. The van der Waals surface area contributed by atoms with Crippen LogP contribution in [-0.4, -0.2) is 29.6 Å². The topological polar surface area (TPSA) is 41.6 Å². The van der Waals surface area contributed by atoms with E-state index < -0.39 is 0 Å². The molecule has 1 saturated carbocycles. The zero-order valence-electron chi connectivity index (χ0n) is 12.8. The maximum Gasteiger partial charge on any atom is 0.413 e. The molecule has 1 aliphatic carbocycles. The van der Waals surface area contributed by atoms with Gasteiger partial charge >= 0.3 is 6.09 Å². The maximum atomic E-state index is 11.7. The molecule has 1 spiro atoms. The minimum Gasteiger partial charge on any atom is -0.413 e. The Labute approximate surface area is 131 Å². The number of alkyl carbamates (subject to hydrolysis) is 1. The van der Waals surface area contributed by atoms with Crippen LogP contribution in [0.25, 0.3) is 0 Å². The molecular formula is C18H22N2O2. The van der Waals surface area contributed by atoms with Crippen molar-refractivity contribution in [2.75, 3.05) is 13.1 Å². The lowest BCUT2D eigenvalue weighted by molar-refractivity contribution is 0.156. The van der Waals surface area contributed by atoms with Crippen LogP contribution in [0.3, 0.4) is 0 Å². The van der Waals surface area contributed by atoms with Gasteiger partial charge in [-0.3, -0.25) is 4.90 Å². The van der Waals surface area contributed by atoms with Crippen LogP contribution in [0.5, 0.6) is 0 Å². The van der Waals surface area contributed by atoms with Crippen molar-refractivity contribution in [2.24, 2.45) is 5.92 Å². The van der Waals surface area contributed by atoms with E-state index in [2.05, 4.69) is 46.6 Å². The number of benzene rings is 1. The van der Waals surface area contributed by atoms with Crippen LogP contribution >= 0.6 is 0 Å². The summed E-state index contributed by atoms with van der Waals surface area (Å²) in [5.41, 5.74) is 1.10. The Balaban J connectivity index is 1.43. The summed E-state index contributed by atoms with van der Waals surface area (Å²) >= 11 is 0. The van der Waals surface area contributed by atoms with Crippen LogP contribution in [0.4, 0.5) is 4.79 Å². The molecule has 4 nitrogen and oxygen atoms in total. The molecule has 0 bridgehead atoms. The lowest BCUT2D eigenvalue weighted by Gasteiger charge is -2.38. The third-order valence-electron chi connectivity index (χ3n) is 4.98. The van der Waals surface area contributed by atoms with Gasteiger partial charge in [0.1, 0.15) is 11.3 Å². The maximum absolute atomic E-state index is 11.7. The van der Waals surface area contributed by atoms with Gasteiger partial charge in [-0.2, -0.15) is 0 Å².